The predicted octanol–water partition coefficient (Wildman–Crippen LogP) is 3.08. The van der Waals surface area contributed by atoms with Crippen LogP contribution in [0.1, 0.15) is 19.4 Å². The van der Waals surface area contributed by atoms with E-state index in [1.807, 2.05) is 36.9 Å². The van der Waals surface area contributed by atoms with Crippen molar-refractivity contribution in [2.45, 2.75) is 18.7 Å². The molecule has 160 valence electrons. The molecule has 0 atom stereocenters. The van der Waals surface area contributed by atoms with E-state index in [0.29, 0.717) is 26.2 Å². The van der Waals surface area contributed by atoms with Crippen molar-refractivity contribution in [1.29, 1.82) is 0 Å². The van der Waals surface area contributed by atoms with Crippen LogP contribution in [0.15, 0.2) is 65.6 Å². The van der Waals surface area contributed by atoms with Crippen molar-refractivity contribution in [1.82, 2.24) is 9.21 Å². The maximum absolute atomic E-state index is 12.6. The van der Waals surface area contributed by atoms with Gasteiger partial charge in [0.2, 0.25) is 15.9 Å². The van der Waals surface area contributed by atoms with Crippen LogP contribution in [0.25, 0.3) is 6.08 Å². The third kappa shape index (κ3) is 5.09. The van der Waals surface area contributed by atoms with Gasteiger partial charge in [0.1, 0.15) is 0 Å². The Morgan fingerprint density at radius 1 is 0.933 bits per heavy atom. The minimum Gasteiger partial charge on any atom is -0.368 e. The van der Waals surface area contributed by atoms with Crippen LogP contribution in [0, 0.1) is 0 Å². The molecule has 0 aromatic heterocycles. The number of hydrogen-bond donors (Lipinski definition) is 0. The fraction of sp³-hybridized carbons (Fsp3) is 0.348. The maximum Gasteiger partial charge on any atom is 0.246 e. The van der Waals surface area contributed by atoms with Crippen LogP contribution in [0.2, 0.25) is 0 Å². The van der Waals surface area contributed by atoms with Crippen molar-refractivity contribution < 1.29 is 13.2 Å². The monoisotopic (exact) mass is 427 g/mol. The molecule has 1 fully saturated rings. The van der Waals surface area contributed by atoms with Gasteiger partial charge in [-0.15, -0.1) is 0 Å². The Labute approximate surface area is 179 Å². The van der Waals surface area contributed by atoms with Crippen molar-refractivity contribution in [2.24, 2.45) is 0 Å². The number of nitrogens with zero attached hydrogens (tertiary/aromatic N) is 3. The normalized spacial score (nSPS) is 15.2. The highest BCUT2D eigenvalue weighted by Crippen LogP contribution is 2.18. The second-order valence-corrected chi connectivity index (χ2v) is 9.08. The van der Waals surface area contributed by atoms with E-state index < -0.39 is 10.0 Å². The van der Waals surface area contributed by atoms with E-state index in [0.717, 1.165) is 18.7 Å². The highest BCUT2D eigenvalue weighted by molar-refractivity contribution is 7.89. The Balaban J connectivity index is 1.58. The molecule has 0 spiro atoms. The maximum atomic E-state index is 12.6. The number of carbonyl (C=O) groups is 1. The quantitative estimate of drug-likeness (QED) is 0.637. The Morgan fingerprint density at radius 2 is 1.53 bits per heavy atom. The molecule has 0 N–H and O–H groups in total. The zero-order valence-electron chi connectivity index (χ0n) is 17.6. The molecule has 3 rings (SSSR count). The molecule has 2 aromatic rings. The Kier molecular flexibility index (Phi) is 7.29. The summed E-state index contributed by atoms with van der Waals surface area (Å²) in [6.07, 6.45) is 3.30. The molecule has 1 heterocycles. The minimum absolute atomic E-state index is 0.0254. The van der Waals surface area contributed by atoms with Gasteiger partial charge in [-0.1, -0.05) is 44.2 Å². The summed E-state index contributed by atoms with van der Waals surface area (Å²) >= 11 is 0. The summed E-state index contributed by atoms with van der Waals surface area (Å²) in [5.74, 6) is -0.0254. The number of rotatable bonds is 7. The molecule has 1 saturated heterocycles. The standard InChI is InChI=1S/C23H29N3O3S/c1-3-26(4-2)30(28,29)22-13-10-20(11-14-22)12-15-23(27)25-18-16-24(17-19-25)21-8-6-5-7-9-21/h5-15H,3-4,16-19H2,1-2H3/b15-12+. The molecular formula is C23H29N3O3S. The smallest absolute Gasteiger partial charge is 0.246 e. The van der Waals surface area contributed by atoms with E-state index in [-0.39, 0.29) is 10.8 Å². The third-order valence-corrected chi connectivity index (χ3v) is 7.42. The molecule has 0 aliphatic carbocycles. The SMILES string of the molecule is CCN(CC)S(=O)(=O)c1ccc(/C=C/C(=O)N2CCN(c3ccccc3)CC2)cc1. The lowest BCUT2D eigenvalue weighted by molar-refractivity contribution is -0.126. The van der Waals surface area contributed by atoms with Crippen LogP contribution >= 0.6 is 0 Å². The zero-order chi connectivity index (χ0) is 21.6. The lowest BCUT2D eigenvalue weighted by atomic mass is 10.2. The summed E-state index contributed by atoms with van der Waals surface area (Å²) in [6, 6.07) is 16.9. The summed E-state index contributed by atoms with van der Waals surface area (Å²) in [6.45, 7) is 7.49. The van der Waals surface area contributed by atoms with E-state index in [1.54, 1.807) is 36.4 Å². The largest absolute Gasteiger partial charge is 0.368 e. The highest BCUT2D eigenvalue weighted by Gasteiger charge is 2.21. The van der Waals surface area contributed by atoms with Crippen LogP contribution in [0.4, 0.5) is 5.69 Å². The Bertz CT molecular complexity index is 961. The lowest BCUT2D eigenvalue weighted by Gasteiger charge is -2.35. The molecule has 7 heteroatoms. The number of carbonyl (C=O) groups excluding carboxylic acids is 1. The molecule has 2 aromatic carbocycles. The van der Waals surface area contributed by atoms with Gasteiger partial charge in [-0.05, 0) is 35.9 Å². The van der Waals surface area contributed by atoms with Crippen LogP contribution < -0.4 is 4.90 Å². The molecule has 30 heavy (non-hydrogen) atoms. The highest BCUT2D eigenvalue weighted by atomic mass is 32.2. The Morgan fingerprint density at radius 3 is 2.10 bits per heavy atom. The van der Waals surface area contributed by atoms with Gasteiger partial charge in [-0.25, -0.2) is 8.42 Å². The van der Waals surface area contributed by atoms with Crippen LogP contribution in [-0.4, -0.2) is 62.8 Å². The number of piperazine rings is 1. The van der Waals surface area contributed by atoms with Crippen LogP contribution in [0.5, 0.6) is 0 Å². The second kappa shape index (κ2) is 9.91. The van der Waals surface area contributed by atoms with Gasteiger partial charge in [0.05, 0.1) is 4.90 Å². The number of hydrogen-bond acceptors (Lipinski definition) is 4. The van der Waals surface area contributed by atoms with Gasteiger partial charge >= 0.3 is 0 Å². The summed E-state index contributed by atoms with van der Waals surface area (Å²) in [7, 11) is -3.47. The van der Waals surface area contributed by atoms with Crippen molar-refractivity contribution in [2.75, 3.05) is 44.2 Å². The molecule has 0 unspecified atom stereocenters. The molecule has 0 bridgehead atoms. The molecular weight excluding hydrogens is 398 g/mol. The molecule has 6 nitrogen and oxygen atoms in total. The number of anilines is 1. The first-order valence-corrected chi connectivity index (χ1v) is 11.8. The van der Waals surface area contributed by atoms with Crippen LogP contribution in [0.3, 0.4) is 0 Å². The minimum atomic E-state index is -3.47. The number of sulfonamides is 1. The summed E-state index contributed by atoms with van der Waals surface area (Å²) in [4.78, 5) is 16.9. The van der Waals surface area contributed by atoms with Gasteiger partial charge in [0.15, 0.2) is 0 Å². The average molecular weight is 428 g/mol. The fourth-order valence-electron chi connectivity index (χ4n) is 3.56. The van der Waals surface area contributed by atoms with E-state index >= 15 is 0 Å². The average Bonchev–Trinajstić information content (AvgIpc) is 2.79. The van der Waals surface area contributed by atoms with E-state index in [1.165, 1.54) is 9.99 Å². The summed E-state index contributed by atoms with van der Waals surface area (Å²) in [5.41, 5.74) is 1.98. The van der Waals surface area contributed by atoms with E-state index in [9.17, 15) is 13.2 Å². The second-order valence-electron chi connectivity index (χ2n) is 7.14. The van der Waals surface area contributed by atoms with Crippen molar-refractivity contribution in [3.05, 3.63) is 66.2 Å². The topological polar surface area (TPSA) is 60.9 Å². The third-order valence-electron chi connectivity index (χ3n) is 5.35. The van der Waals surface area contributed by atoms with Gasteiger partial charge < -0.3 is 9.80 Å². The van der Waals surface area contributed by atoms with Gasteiger partial charge in [0.25, 0.3) is 0 Å². The predicted molar refractivity (Wildman–Crippen MR) is 121 cm³/mol. The molecule has 0 saturated carbocycles. The Hall–Kier alpha value is -2.64. The summed E-state index contributed by atoms with van der Waals surface area (Å²) < 4.78 is 26.5. The van der Waals surface area contributed by atoms with E-state index in [4.69, 9.17) is 0 Å². The van der Waals surface area contributed by atoms with Gasteiger partial charge in [-0.2, -0.15) is 4.31 Å². The molecule has 0 radical (unpaired) electrons. The van der Waals surface area contributed by atoms with Gasteiger partial charge in [-0.3, -0.25) is 4.79 Å². The van der Waals surface area contributed by atoms with Crippen molar-refractivity contribution in [3.63, 3.8) is 0 Å². The van der Waals surface area contributed by atoms with Crippen molar-refractivity contribution >= 4 is 27.7 Å². The number of para-hydroxylation sites is 1. The lowest BCUT2D eigenvalue weighted by Crippen LogP contribution is -2.48. The van der Waals surface area contributed by atoms with Crippen LogP contribution in [-0.2, 0) is 14.8 Å². The first-order valence-electron chi connectivity index (χ1n) is 10.3. The number of benzene rings is 2. The molecule has 1 amide bonds. The fourth-order valence-corrected chi connectivity index (χ4v) is 5.02. The summed E-state index contributed by atoms with van der Waals surface area (Å²) in [5, 5.41) is 0. The van der Waals surface area contributed by atoms with Crippen molar-refractivity contribution in [3.8, 4) is 0 Å². The van der Waals surface area contributed by atoms with Gasteiger partial charge in [0, 0.05) is 51.0 Å². The molecule has 1 aliphatic rings. The first kappa shape index (κ1) is 22.1. The first-order chi connectivity index (χ1) is 14.5. The zero-order valence-corrected chi connectivity index (χ0v) is 18.4. The molecule has 1 aliphatic heterocycles. The number of amides is 1. The van der Waals surface area contributed by atoms with E-state index in [2.05, 4.69) is 17.0 Å².